The van der Waals surface area contributed by atoms with Crippen molar-refractivity contribution in [3.8, 4) is 0 Å². The molecule has 3 aromatic carbocycles. The molecule has 0 bridgehead atoms. The molecule has 4 rings (SSSR count). The van der Waals surface area contributed by atoms with E-state index < -0.39 is 39.1 Å². The van der Waals surface area contributed by atoms with Crippen LogP contribution in [0.5, 0.6) is 0 Å². The Bertz CT molecular complexity index is 1240. The van der Waals surface area contributed by atoms with Gasteiger partial charge in [0, 0.05) is 11.1 Å². The zero-order valence-electron chi connectivity index (χ0n) is 15.6. The van der Waals surface area contributed by atoms with Gasteiger partial charge < -0.3 is 5.32 Å². The van der Waals surface area contributed by atoms with Gasteiger partial charge in [-0.2, -0.15) is 13.2 Å². The molecule has 0 aromatic heterocycles. The average molecular weight is 434 g/mol. The topological polar surface area (TPSA) is 75.3 Å². The molecule has 156 valence electrons. The third kappa shape index (κ3) is 3.90. The summed E-state index contributed by atoms with van der Waals surface area (Å²) in [6, 6.07) is 12.9. The van der Waals surface area contributed by atoms with E-state index in [1.54, 1.807) is 6.07 Å². The largest absolute Gasteiger partial charge is 0.416 e. The number of halogens is 3. The van der Waals surface area contributed by atoms with E-state index in [0.29, 0.717) is 11.8 Å². The summed E-state index contributed by atoms with van der Waals surface area (Å²) < 4.78 is 65.2. The van der Waals surface area contributed by atoms with Crippen LogP contribution in [0, 0.1) is 0 Å². The molecule has 0 radical (unpaired) electrons. The highest BCUT2D eigenvalue weighted by Gasteiger charge is 2.31. The number of carbonyl (C=O) groups is 1. The van der Waals surface area contributed by atoms with Crippen molar-refractivity contribution in [2.75, 3.05) is 11.9 Å². The maximum absolute atomic E-state index is 12.8. The number of hydrogen-bond acceptors (Lipinski definition) is 3. The first-order valence-corrected chi connectivity index (χ1v) is 10.6. The first-order chi connectivity index (χ1) is 14.1. The molecule has 0 fully saturated rings. The van der Waals surface area contributed by atoms with Crippen molar-refractivity contribution >= 4 is 32.4 Å². The summed E-state index contributed by atoms with van der Waals surface area (Å²) in [5.74, 6) is -0.621. The smallest absolute Gasteiger partial charge is 0.324 e. The van der Waals surface area contributed by atoms with Crippen molar-refractivity contribution in [2.45, 2.75) is 23.9 Å². The van der Waals surface area contributed by atoms with Gasteiger partial charge in [0.2, 0.25) is 15.9 Å². The molecule has 30 heavy (non-hydrogen) atoms. The molecular formula is C21H17F3N2O3S. The monoisotopic (exact) mass is 434 g/mol. The Labute approximate surface area is 171 Å². The van der Waals surface area contributed by atoms with Crippen LogP contribution in [0.3, 0.4) is 0 Å². The van der Waals surface area contributed by atoms with Gasteiger partial charge in [-0.25, -0.2) is 13.1 Å². The van der Waals surface area contributed by atoms with Crippen LogP contribution >= 0.6 is 0 Å². The van der Waals surface area contributed by atoms with Crippen molar-refractivity contribution in [1.82, 2.24) is 4.72 Å². The Morgan fingerprint density at radius 2 is 1.67 bits per heavy atom. The van der Waals surface area contributed by atoms with E-state index in [4.69, 9.17) is 0 Å². The first-order valence-electron chi connectivity index (χ1n) is 9.15. The molecule has 1 amide bonds. The number of nitrogens with one attached hydrogen (secondary N) is 2. The van der Waals surface area contributed by atoms with E-state index in [-0.39, 0.29) is 0 Å². The molecule has 0 saturated carbocycles. The number of anilines is 1. The summed E-state index contributed by atoms with van der Waals surface area (Å²) in [6.07, 6.45) is -2.81. The van der Waals surface area contributed by atoms with Gasteiger partial charge in [0.05, 0.1) is 17.0 Å². The molecule has 3 aromatic rings. The Balaban J connectivity index is 1.49. The average Bonchev–Trinajstić information content (AvgIpc) is 3.13. The highest BCUT2D eigenvalue weighted by atomic mass is 32.2. The molecule has 0 unspecified atom stereocenters. The molecular weight excluding hydrogens is 417 g/mol. The van der Waals surface area contributed by atoms with Gasteiger partial charge in [-0.1, -0.05) is 30.3 Å². The van der Waals surface area contributed by atoms with Crippen LogP contribution in [0.15, 0.2) is 59.5 Å². The van der Waals surface area contributed by atoms with Crippen LogP contribution in [-0.2, 0) is 33.8 Å². The van der Waals surface area contributed by atoms with Gasteiger partial charge in [0.1, 0.15) is 0 Å². The number of sulfonamides is 1. The minimum absolute atomic E-state index is 0.531. The van der Waals surface area contributed by atoms with E-state index in [0.717, 1.165) is 41.8 Å². The highest BCUT2D eigenvalue weighted by Crippen LogP contribution is 2.35. The predicted molar refractivity (Wildman–Crippen MR) is 107 cm³/mol. The second kappa shape index (κ2) is 7.41. The van der Waals surface area contributed by atoms with Crippen molar-refractivity contribution in [3.05, 3.63) is 71.3 Å². The normalized spacial score (nSPS) is 13.6. The fraction of sp³-hybridized carbons (Fsp3) is 0.190. The lowest BCUT2D eigenvalue weighted by Gasteiger charge is -2.12. The van der Waals surface area contributed by atoms with E-state index in [1.165, 1.54) is 11.1 Å². The van der Waals surface area contributed by atoms with Crippen molar-refractivity contribution in [1.29, 1.82) is 0 Å². The Kier molecular flexibility index (Phi) is 5.03. The fourth-order valence-electron chi connectivity index (χ4n) is 3.63. The molecule has 1 aliphatic carbocycles. The summed E-state index contributed by atoms with van der Waals surface area (Å²) in [4.78, 5) is 11.8. The highest BCUT2D eigenvalue weighted by molar-refractivity contribution is 7.89. The predicted octanol–water partition coefficient (Wildman–Crippen LogP) is 3.87. The Morgan fingerprint density at radius 1 is 0.967 bits per heavy atom. The quantitative estimate of drug-likeness (QED) is 0.640. The van der Waals surface area contributed by atoms with Crippen molar-refractivity contribution in [2.24, 2.45) is 0 Å². The minimum atomic E-state index is -4.67. The molecule has 0 spiro atoms. The number of amides is 1. The van der Waals surface area contributed by atoms with Gasteiger partial charge in [-0.3, -0.25) is 4.79 Å². The SMILES string of the molecule is O=C(CNS(=O)(=O)c1cccc(C(F)(F)F)c1)Nc1ccc2c3c(cccc13)CC2. The van der Waals surface area contributed by atoms with E-state index in [1.807, 2.05) is 29.0 Å². The summed E-state index contributed by atoms with van der Waals surface area (Å²) in [5, 5.41) is 4.65. The molecule has 2 N–H and O–H groups in total. The lowest BCUT2D eigenvalue weighted by molar-refractivity contribution is -0.137. The molecule has 9 heteroatoms. The summed E-state index contributed by atoms with van der Waals surface area (Å²) in [7, 11) is -4.29. The number of alkyl halides is 3. The van der Waals surface area contributed by atoms with Crippen LogP contribution in [0.2, 0.25) is 0 Å². The van der Waals surface area contributed by atoms with Gasteiger partial charge in [-0.05, 0) is 53.6 Å². The van der Waals surface area contributed by atoms with E-state index in [9.17, 15) is 26.4 Å². The lowest BCUT2D eigenvalue weighted by Crippen LogP contribution is -2.33. The van der Waals surface area contributed by atoms with Gasteiger partial charge in [0.15, 0.2) is 0 Å². The Morgan fingerprint density at radius 3 is 2.40 bits per heavy atom. The van der Waals surface area contributed by atoms with Gasteiger partial charge in [-0.15, -0.1) is 0 Å². The third-order valence-electron chi connectivity index (χ3n) is 5.05. The molecule has 0 atom stereocenters. The van der Waals surface area contributed by atoms with Crippen molar-refractivity contribution < 1.29 is 26.4 Å². The summed E-state index contributed by atoms with van der Waals surface area (Å²) in [5.41, 5.74) is 1.87. The summed E-state index contributed by atoms with van der Waals surface area (Å²) >= 11 is 0. The summed E-state index contributed by atoms with van der Waals surface area (Å²) in [6.45, 7) is -0.610. The maximum Gasteiger partial charge on any atom is 0.416 e. The third-order valence-corrected chi connectivity index (χ3v) is 6.44. The number of rotatable bonds is 5. The number of benzene rings is 3. The fourth-order valence-corrected chi connectivity index (χ4v) is 4.66. The number of hydrogen-bond donors (Lipinski definition) is 2. The molecule has 0 saturated heterocycles. The maximum atomic E-state index is 12.8. The molecule has 0 aliphatic heterocycles. The van der Waals surface area contributed by atoms with Crippen molar-refractivity contribution in [3.63, 3.8) is 0 Å². The zero-order chi connectivity index (χ0) is 21.5. The molecule has 1 aliphatic rings. The van der Waals surface area contributed by atoms with Crippen LogP contribution in [0.25, 0.3) is 10.8 Å². The number of aryl methyl sites for hydroxylation is 2. The van der Waals surface area contributed by atoms with Crippen LogP contribution in [0.4, 0.5) is 18.9 Å². The van der Waals surface area contributed by atoms with Crippen LogP contribution < -0.4 is 10.0 Å². The lowest BCUT2D eigenvalue weighted by atomic mass is 10.0. The second-order valence-electron chi connectivity index (χ2n) is 7.01. The number of carbonyl (C=O) groups excluding carboxylic acids is 1. The molecule has 5 nitrogen and oxygen atoms in total. The Hall–Kier alpha value is -2.91. The van der Waals surface area contributed by atoms with Gasteiger partial charge >= 0.3 is 6.18 Å². The van der Waals surface area contributed by atoms with Gasteiger partial charge in [0.25, 0.3) is 0 Å². The molecule has 0 heterocycles. The van der Waals surface area contributed by atoms with E-state index in [2.05, 4.69) is 5.32 Å². The first kappa shape index (κ1) is 20.4. The minimum Gasteiger partial charge on any atom is -0.324 e. The van der Waals surface area contributed by atoms with Crippen LogP contribution in [0.1, 0.15) is 16.7 Å². The van der Waals surface area contributed by atoms with Crippen LogP contribution in [-0.4, -0.2) is 20.9 Å². The zero-order valence-corrected chi connectivity index (χ0v) is 16.4. The standard InChI is InChI=1S/C21H17F3N2O3S/c22-21(23,24)15-4-2-5-16(11-15)30(28,29)25-12-19(27)26-18-10-9-14-8-7-13-3-1-6-17(18)20(13)14/h1-6,9-11,25H,7-8,12H2,(H,26,27). The second-order valence-corrected chi connectivity index (χ2v) is 8.78. The van der Waals surface area contributed by atoms with E-state index >= 15 is 0 Å².